The van der Waals surface area contributed by atoms with Crippen molar-refractivity contribution in [3.05, 3.63) is 35.2 Å². The summed E-state index contributed by atoms with van der Waals surface area (Å²) in [6, 6.07) is 7.09. The van der Waals surface area contributed by atoms with Crippen molar-refractivity contribution in [2.75, 3.05) is 11.0 Å². The van der Waals surface area contributed by atoms with Gasteiger partial charge in [-0.3, -0.25) is 4.72 Å². The molecule has 0 aliphatic heterocycles. The lowest BCUT2D eigenvalue weighted by molar-refractivity contribution is 0.607. The van der Waals surface area contributed by atoms with Crippen molar-refractivity contribution in [3.8, 4) is 11.3 Å². The fourth-order valence-corrected chi connectivity index (χ4v) is 2.33. The topological polar surface area (TPSA) is 59.1 Å². The van der Waals surface area contributed by atoms with Crippen molar-refractivity contribution >= 4 is 27.0 Å². The molecule has 0 fully saturated rings. The normalized spacial score (nSPS) is 11.3. The Balaban J connectivity index is 2.34. The van der Waals surface area contributed by atoms with Crippen LogP contribution >= 0.6 is 11.3 Å². The third kappa shape index (κ3) is 2.80. The number of sulfonamides is 1. The first-order valence-electron chi connectivity index (χ1n) is 4.44. The molecule has 0 saturated heterocycles. The smallest absolute Gasteiger partial charge is 0.229 e. The molecule has 4 nitrogen and oxygen atoms in total. The second-order valence-electron chi connectivity index (χ2n) is 3.28. The molecule has 0 saturated carbocycles. The van der Waals surface area contributed by atoms with Gasteiger partial charge in [-0.15, -0.1) is 11.3 Å². The van der Waals surface area contributed by atoms with Crippen molar-refractivity contribution in [2.24, 2.45) is 0 Å². The summed E-state index contributed by atoms with van der Waals surface area (Å²) < 4.78 is 24.6. The molecule has 0 spiro atoms. The van der Waals surface area contributed by atoms with Crippen LogP contribution in [0.25, 0.3) is 11.3 Å². The number of anilines is 1. The van der Waals surface area contributed by atoms with E-state index >= 15 is 0 Å². The van der Waals surface area contributed by atoms with E-state index in [4.69, 9.17) is 0 Å². The number of aromatic nitrogens is 1. The molecule has 1 aromatic carbocycles. The Bertz CT molecular complexity index is 577. The molecule has 0 aliphatic rings. The van der Waals surface area contributed by atoms with Crippen LogP contribution in [-0.2, 0) is 10.0 Å². The van der Waals surface area contributed by atoms with E-state index in [0.717, 1.165) is 17.5 Å². The van der Waals surface area contributed by atoms with E-state index in [9.17, 15) is 8.42 Å². The first-order chi connectivity index (χ1) is 7.54. The average molecular weight is 253 g/mol. The van der Waals surface area contributed by atoms with E-state index in [0.29, 0.717) is 5.69 Å². The molecular weight excluding hydrogens is 244 g/mol. The monoisotopic (exact) mass is 253 g/mol. The Morgan fingerprint density at radius 3 is 2.88 bits per heavy atom. The van der Waals surface area contributed by atoms with Gasteiger partial charge in [0.2, 0.25) is 10.0 Å². The first kappa shape index (κ1) is 11.1. The Morgan fingerprint density at radius 2 is 2.25 bits per heavy atom. The maximum atomic E-state index is 11.1. The van der Waals surface area contributed by atoms with Crippen LogP contribution in [0, 0.1) is 5.51 Å². The minimum Gasteiger partial charge on any atom is -0.284 e. The molecule has 2 aromatic rings. The predicted octanol–water partition coefficient (Wildman–Crippen LogP) is 1.98. The second kappa shape index (κ2) is 4.23. The highest BCUT2D eigenvalue weighted by molar-refractivity contribution is 7.92. The van der Waals surface area contributed by atoms with Crippen LogP contribution in [0.1, 0.15) is 0 Å². The summed E-state index contributed by atoms with van der Waals surface area (Å²) in [4.78, 5) is 4.04. The Morgan fingerprint density at radius 1 is 1.44 bits per heavy atom. The highest BCUT2D eigenvalue weighted by Crippen LogP contribution is 2.22. The van der Waals surface area contributed by atoms with E-state index in [2.05, 4.69) is 15.2 Å². The molecule has 0 atom stereocenters. The molecule has 6 heteroatoms. The molecule has 1 radical (unpaired) electrons. The van der Waals surface area contributed by atoms with Crippen LogP contribution < -0.4 is 4.72 Å². The van der Waals surface area contributed by atoms with Crippen molar-refractivity contribution < 1.29 is 8.42 Å². The van der Waals surface area contributed by atoms with Crippen LogP contribution in [-0.4, -0.2) is 19.7 Å². The quantitative estimate of drug-likeness (QED) is 0.910. The number of nitrogens with zero attached hydrogens (tertiary/aromatic N) is 1. The van der Waals surface area contributed by atoms with Gasteiger partial charge in [-0.05, 0) is 12.1 Å². The standard InChI is InChI=1S/C10H9N2O2S2/c1-16(13,14)12-9-4-2-3-8(5-9)10-6-15-7-11-10/h2-6,12H,1H3. The number of nitrogens with one attached hydrogen (secondary N) is 1. The summed E-state index contributed by atoms with van der Waals surface area (Å²) in [6.07, 6.45) is 1.12. The van der Waals surface area contributed by atoms with Crippen molar-refractivity contribution in [2.45, 2.75) is 0 Å². The van der Waals surface area contributed by atoms with E-state index < -0.39 is 10.0 Å². The minimum atomic E-state index is -3.24. The van der Waals surface area contributed by atoms with E-state index in [-0.39, 0.29) is 0 Å². The van der Waals surface area contributed by atoms with Crippen LogP contribution in [0.4, 0.5) is 5.69 Å². The molecule has 0 amide bonds. The summed E-state index contributed by atoms with van der Waals surface area (Å²) >= 11 is 1.38. The van der Waals surface area contributed by atoms with Gasteiger partial charge in [0.25, 0.3) is 0 Å². The molecule has 0 bridgehead atoms. The molecule has 1 aromatic heterocycles. The number of hydrogen-bond acceptors (Lipinski definition) is 4. The van der Waals surface area contributed by atoms with Gasteiger partial charge in [0.1, 0.15) is 0 Å². The minimum absolute atomic E-state index is 0.535. The lowest BCUT2D eigenvalue weighted by Gasteiger charge is -2.04. The highest BCUT2D eigenvalue weighted by Gasteiger charge is 2.04. The lowest BCUT2D eigenvalue weighted by atomic mass is 10.1. The zero-order valence-electron chi connectivity index (χ0n) is 8.47. The zero-order chi connectivity index (χ0) is 11.6. The summed E-state index contributed by atoms with van der Waals surface area (Å²) in [5, 5.41) is 1.86. The van der Waals surface area contributed by atoms with Gasteiger partial charge in [-0.1, -0.05) is 12.1 Å². The maximum absolute atomic E-state index is 11.1. The summed E-state index contributed by atoms with van der Waals surface area (Å²) in [5.74, 6) is 0. The number of hydrogen-bond donors (Lipinski definition) is 1. The first-order valence-corrected chi connectivity index (χ1v) is 7.21. The third-order valence-electron chi connectivity index (χ3n) is 1.85. The van der Waals surface area contributed by atoms with Crippen molar-refractivity contribution in [1.29, 1.82) is 0 Å². The van der Waals surface area contributed by atoms with Gasteiger partial charge < -0.3 is 0 Å². The van der Waals surface area contributed by atoms with Gasteiger partial charge in [0, 0.05) is 16.6 Å². The fourth-order valence-electron chi connectivity index (χ4n) is 1.27. The van der Waals surface area contributed by atoms with Crippen LogP contribution in [0.3, 0.4) is 0 Å². The Kier molecular flexibility index (Phi) is 2.93. The molecular formula is C10H9N2O2S2. The molecule has 0 unspecified atom stereocenters. The van der Waals surface area contributed by atoms with Gasteiger partial charge in [0.05, 0.1) is 11.9 Å². The van der Waals surface area contributed by atoms with E-state index in [1.54, 1.807) is 18.2 Å². The molecule has 83 valence electrons. The van der Waals surface area contributed by atoms with Crippen LogP contribution in [0.2, 0.25) is 0 Å². The largest absolute Gasteiger partial charge is 0.284 e. The molecule has 2 rings (SSSR count). The molecule has 16 heavy (non-hydrogen) atoms. The zero-order valence-corrected chi connectivity index (χ0v) is 10.1. The molecule has 1 N–H and O–H groups in total. The van der Waals surface area contributed by atoms with Crippen molar-refractivity contribution in [3.63, 3.8) is 0 Å². The average Bonchev–Trinajstić information content (AvgIpc) is 2.68. The van der Waals surface area contributed by atoms with E-state index in [1.807, 2.05) is 11.4 Å². The fraction of sp³-hybridized carbons (Fsp3) is 0.100. The number of rotatable bonds is 3. The summed E-state index contributed by atoms with van der Waals surface area (Å²) in [7, 11) is -3.24. The van der Waals surface area contributed by atoms with Gasteiger partial charge in [-0.2, -0.15) is 0 Å². The van der Waals surface area contributed by atoms with Crippen LogP contribution in [0.15, 0.2) is 29.6 Å². The maximum Gasteiger partial charge on any atom is 0.229 e. The molecule has 1 heterocycles. The highest BCUT2D eigenvalue weighted by atomic mass is 32.2. The van der Waals surface area contributed by atoms with Gasteiger partial charge in [-0.25, -0.2) is 13.4 Å². The Labute approximate surface area is 98.0 Å². The van der Waals surface area contributed by atoms with E-state index in [1.165, 1.54) is 11.3 Å². The third-order valence-corrected chi connectivity index (χ3v) is 3.00. The second-order valence-corrected chi connectivity index (χ2v) is 5.68. The van der Waals surface area contributed by atoms with Crippen molar-refractivity contribution in [1.82, 2.24) is 4.98 Å². The summed E-state index contributed by atoms with van der Waals surface area (Å²) in [6.45, 7) is 0. The predicted molar refractivity (Wildman–Crippen MR) is 64.9 cm³/mol. The number of benzene rings is 1. The summed E-state index contributed by atoms with van der Waals surface area (Å²) in [5.41, 5.74) is 4.94. The number of thiazole rings is 1. The molecule has 0 aliphatic carbocycles. The Hall–Kier alpha value is -1.40. The van der Waals surface area contributed by atoms with Crippen LogP contribution in [0.5, 0.6) is 0 Å². The SMILES string of the molecule is CS(=O)(=O)Nc1cccc(-c2cs[c]n2)c1. The van der Waals surface area contributed by atoms with Gasteiger partial charge >= 0.3 is 0 Å². The lowest BCUT2D eigenvalue weighted by Crippen LogP contribution is -2.09. The van der Waals surface area contributed by atoms with Gasteiger partial charge in [0.15, 0.2) is 5.51 Å².